The van der Waals surface area contributed by atoms with Gasteiger partial charge < -0.3 is 11.1 Å². The number of nitrogens with one attached hydrogen (secondary N) is 1. The molecule has 0 spiro atoms. The molecule has 0 bridgehead atoms. The molecule has 0 heterocycles. The normalized spacial score (nSPS) is 15.6. The SMILES string of the molecule is Nc1cc(I)c(Cl)c(F)c1NC1CC1. The third-order valence-corrected chi connectivity index (χ3v) is 3.66. The Kier molecular flexibility index (Phi) is 2.74. The van der Waals surface area contributed by atoms with Gasteiger partial charge in [-0.2, -0.15) is 0 Å². The smallest absolute Gasteiger partial charge is 0.168 e. The zero-order chi connectivity index (χ0) is 10.3. The number of halogens is 3. The van der Waals surface area contributed by atoms with Gasteiger partial charge in [-0.15, -0.1) is 0 Å². The van der Waals surface area contributed by atoms with Crippen LogP contribution in [-0.2, 0) is 0 Å². The first-order chi connectivity index (χ1) is 6.59. The predicted molar refractivity (Wildman–Crippen MR) is 65.2 cm³/mol. The van der Waals surface area contributed by atoms with Gasteiger partial charge in [0.05, 0.1) is 16.4 Å². The zero-order valence-electron chi connectivity index (χ0n) is 7.28. The van der Waals surface area contributed by atoms with Crippen LogP contribution in [0.5, 0.6) is 0 Å². The summed E-state index contributed by atoms with van der Waals surface area (Å²) in [7, 11) is 0. The van der Waals surface area contributed by atoms with Crippen LogP contribution in [0.2, 0.25) is 5.02 Å². The molecule has 76 valence electrons. The molecule has 1 fully saturated rings. The lowest BCUT2D eigenvalue weighted by atomic mass is 10.2. The van der Waals surface area contributed by atoms with E-state index in [9.17, 15) is 4.39 Å². The van der Waals surface area contributed by atoms with Crippen LogP contribution in [0.1, 0.15) is 12.8 Å². The van der Waals surface area contributed by atoms with Crippen LogP contribution < -0.4 is 11.1 Å². The Morgan fingerprint density at radius 3 is 2.79 bits per heavy atom. The first-order valence-corrected chi connectivity index (χ1v) is 5.74. The molecule has 0 unspecified atom stereocenters. The van der Waals surface area contributed by atoms with Gasteiger partial charge in [0, 0.05) is 9.61 Å². The average Bonchev–Trinajstić information content (AvgIpc) is 2.92. The van der Waals surface area contributed by atoms with Crippen molar-refractivity contribution in [2.75, 3.05) is 11.1 Å². The minimum Gasteiger partial charge on any atom is -0.397 e. The molecule has 2 rings (SSSR count). The van der Waals surface area contributed by atoms with Crippen LogP contribution in [0.4, 0.5) is 15.8 Å². The fraction of sp³-hybridized carbons (Fsp3) is 0.333. The molecule has 0 atom stereocenters. The molecular weight excluding hydrogens is 317 g/mol. The van der Waals surface area contributed by atoms with Crippen molar-refractivity contribution in [3.8, 4) is 0 Å². The van der Waals surface area contributed by atoms with Crippen LogP contribution in [0.3, 0.4) is 0 Å². The van der Waals surface area contributed by atoms with Gasteiger partial charge in [-0.05, 0) is 41.5 Å². The number of benzene rings is 1. The second kappa shape index (κ2) is 3.73. The molecule has 5 heteroatoms. The maximum absolute atomic E-state index is 13.6. The Hall–Kier alpha value is -0.230. The second-order valence-electron chi connectivity index (χ2n) is 3.37. The van der Waals surface area contributed by atoms with Crippen molar-refractivity contribution >= 4 is 45.6 Å². The van der Waals surface area contributed by atoms with Crippen molar-refractivity contribution in [2.45, 2.75) is 18.9 Å². The standard InChI is InChI=1S/C9H9ClFIN2/c10-7-5(12)3-6(13)9(8(7)11)14-4-1-2-4/h3-4,14H,1-2,13H2. The number of hydrogen-bond donors (Lipinski definition) is 2. The molecule has 0 saturated heterocycles. The van der Waals surface area contributed by atoms with E-state index >= 15 is 0 Å². The lowest BCUT2D eigenvalue weighted by Gasteiger charge is -2.11. The number of nitrogens with two attached hydrogens (primary N) is 1. The van der Waals surface area contributed by atoms with Gasteiger partial charge in [0.25, 0.3) is 0 Å². The fourth-order valence-electron chi connectivity index (χ4n) is 1.19. The first kappa shape index (κ1) is 10.3. The van der Waals surface area contributed by atoms with Crippen molar-refractivity contribution in [1.29, 1.82) is 0 Å². The molecule has 0 radical (unpaired) electrons. The summed E-state index contributed by atoms with van der Waals surface area (Å²) in [5, 5.41) is 3.17. The van der Waals surface area contributed by atoms with E-state index in [1.54, 1.807) is 6.07 Å². The van der Waals surface area contributed by atoms with Gasteiger partial charge in [-0.25, -0.2) is 4.39 Å². The summed E-state index contributed by atoms with van der Waals surface area (Å²) >= 11 is 7.74. The molecule has 1 aromatic rings. The van der Waals surface area contributed by atoms with Gasteiger partial charge in [0.1, 0.15) is 0 Å². The number of hydrogen-bond acceptors (Lipinski definition) is 2. The van der Waals surface area contributed by atoms with E-state index in [1.807, 2.05) is 22.6 Å². The Morgan fingerprint density at radius 2 is 2.21 bits per heavy atom. The second-order valence-corrected chi connectivity index (χ2v) is 4.91. The number of anilines is 2. The third-order valence-electron chi connectivity index (χ3n) is 2.12. The predicted octanol–water partition coefficient (Wildman–Crippen LogP) is 3.24. The van der Waals surface area contributed by atoms with Crippen LogP contribution in [0.25, 0.3) is 0 Å². The molecule has 14 heavy (non-hydrogen) atoms. The summed E-state index contributed by atoms with van der Waals surface area (Å²) in [6.07, 6.45) is 2.14. The van der Waals surface area contributed by atoms with Crippen LogP contribution in [0, 0.1) is 9.39 Å². The highest BCUT2D eigenvalue weighted by Crippen LogP contribution is 2.35. The van der Waals surface area contributed by atoms with Crippen LogP contribution in [0.15, 0.2) is 6.07 Å². The molecule has 1 aliphatic carbocycles. The Balaban J connectivity index is 2.40. The van der Waals surface area contributed by atoms with Crippen molar-refractivity contribution in [1.82, 2.24) is 0 Å². The van der Waals surface area contributed by atoms with Crippen molar-refractivity contribution < 1.29 is 4.39 Å². The molecule has 1 saturated carbocycles. The summed E-state index contributed by atoms with van der Waals surface area (Å²) in [6, 6.07) is 2.04. The van der Waals surface area contributed by atoms with Crippen molar-refractivity contribution in [2.24, 2.45) is 0 Å². The minimum absolute atomic E-state index is 0.142. The van der Waals surface area contributed by atoms with Gasteiger partial charge in [0.2, 0.25) is 0 Å². The maximum atomic E-state index is 13.6. The van der Waals surface area contributed by atoms with Gasteiger partial charge in [-0.1, -0.05) is 11.6 Å². The lowest BCUT2D eigenvalue weighted by Crippen LogP contribution is -2.07. The molecule has 0 amide bonds. The molecule has 0 aromatic heterocycles. The zero-order valence-corrected chi connectivity index (χ0v) is 10.2. The Labute approximate surface area is 100 Å². The lowest BCUT2D eigenvalue weighted by molar-refractivity contribution is 0.630. The summed E-state index contributed by atoms with van der Waals surface area (Å²) in [6.45, 7) is 0. The van der Waals surface area contributed by atoms with E-state index in [1.165, 1.54) is 0 Å². The van der Waals surface area contributed by atoms with E-state index in [4.69, 9.17) is 17.3 Å². The van der Waals surface area contributed by atoms with E-state index < -0.39 is 5.82 Å². The largest absolute Gasteiger partial charge is 0.397 e. The summed E-state index contributed by atoms with van der Waals surface area (Å²) in [5.41, 5.74) is 6.47. The van der Waals surface area contributed by atoms with Crippen LogP contribution >= 0.6 is 34.2 Å². The highest BCUT2D eigenvalue weighted by atomic mass is 127. The average molecular weight is 327 g/mol. The van der Waals surface area contributed by atoms with E-state index in [0.29, 0.717) is 21.0 Å². The molecule has 3 N–H and O–H groups in total. The highest BCUT2D eigenvalue weighted by Gasteiger charge is 2.24. The van der Waals surface area contributed by atoms with E-state index in [0.717, 1.165) is 12.8 Å². The molecule has 2 nitrogen and oxygen atoms in total. The summed E-state index contributed by atoms with van der Waals surface area (Å²) in [5.74, 6) is -0.442. The fourth-order valence-corrected chi connectivity index (χ4v) is 1.91. The van der Waals surface area contributed by atoms with Gasteiger partial charge in [-0.3, -0.25) is 0 Å². The number of rotatable bonds is 2. The summed E-state index contributed by atoms with van der Waals surface area (Å²) in [4.78, 5) is 0. The molecule has 1 aliphatic rings. The Morgan fingerprint density at radius 1 is 1.57 bits per heavy atom. The highest BCUT2D eigenvalue weighted by molar-refractivity contribution is 14.1. The third kappa shape index (κ3) is 1.91. The quantitative estimate of drug-likeness (QED) is 0.497. The van der Waals surface area contributed by atoms with Crippen molar-refractivity contribution in [3.63, 3.8) is 0 Å². The monoisotopic (exact) mass is 326 g/mol. The maximum Gasteiger partial charge on any atom is 0.168 e. The number of nitrogen functional groups attached to an aromatic ring is 1. The van der Waals surface area contributed by atoms with Gasteiger partial charge >= 0.3 is 0 Å². The van der Waals surface area contributed by atoms with Crippen molar-refractivity contribution in [3.05, 3.63) is 20.5 Å². The minimum atomic E-state index is -0.442. The summed E-state index contributed by atoms with van der Waals surface area (Å²) < 4.78 is 14.3. The topological polar surface area (TPSA) is 38.0 Å². The van der Waals surface area contributed by atoms with E-state index in [2.05, 4.69) is 5.32 Å². The van der Waals surface area contributed by atoms with E-state index in [-0.39, 0.29) is 5.02 Å². The molecular formula is C9H9ClFIN2. The molecule has 1 aromatic carbocycles. The first-order valence-electron chi connectivity index (χ1n) is 4.29. The Bertz CT molecular complexity index is 380. The van der Waals surface area contributed by atoms with Crippen LogP contribution in [-0.4, -0.2) is 6.04 Å². The molecule has 0 aliphatic heterocycles. The van der Waals surface area contributed by atoms with Gasteiger partial charge in [0.15, 0.2) is 5.82 Å².